The number of hydrogen-bond acceptors (Lipinski definition) is 3. The molecule has 0 aliphatic rings. The summed E-state index contributed by atoms with van der Waals surface area (Å²) in [5, 5.41) is 3.28. The van der Waals surface area contributed by atoms with E-state index in [1.165, 1.54) is 15.8 Å². The van der Waals surface area contributed by atoms with Gasteiger partial charge in [0.05, 0.1) is 0 Å². The van der Waals surface area contributed by atoms with E-state index in [2.05, 4.69) is 24.4 Å². The first-order valence-corrected chi connectivity index (χ1v) is 7.12. The first-order valence-electron chi connectivity index (χ1n) is 6.30. The molecule has 0 radical (unpaired) electrons. The van der Waals surface area contributed by atoms with Gasteiger partial charge < -0.3 is 10.1 Å². The molecular formula is C15H18FNOS. The van der Waals surface area contributed by atoms with Crippen molar-refractivity contribution in [3.8, 4) is 5.75 Å². The third-order valence-electron chi connectivity index (χ3n) is 2.72. The number of hydrogen-bond donors (Lipinski definition) is 1. The molecule has 2 nitrogen and oxygen atoms in total. The van der Waals surface area contributed by atoms with Crippen LogP contribution in [0, 0.1) is 19.7 Å². The lowest BCUT2D eigenvalue weighted by Gasteiger charge is -2.08. The maximum atomic E-state index is 13.4. The number of thiophene rings is 1. The van der Waals surface area contributed by atoms with Gasteiger partial charge in [0, 0.05) is 22.8 Å². The van der Waals surface area contributed by atoms with Gasteiger partial charge in [0.25, 0.3) is 0 Å². The van der Waals surface area contributed by atoms with Crippen molar-refractivity contribution >= 4 is 11.3 Å². The Morgan fingerprint density at radius 2 is 2.05 bits per heavy atom. The highest BCUT2D eigenvalue weighted by Crippen LogP contribution is 2.18. The van der Waals surface area contributed by atoms with Crippen molar-refractivity contribution < 1.29 is 9.13 Å². The number of halogens is 1. The summed E-state index contributed by atoms with van der Waals surface area (Å²) in [4.78, 5) is 2.62. The molecule has 1 aromatic heterocycles. The van der Waals surface area contributed by atoms with Gasteiger partial charge in [0.15, 0.2) is 11.6 Å². The zero-order valence-electron chi connectivity index (χ0n) is 11.2. The fraction of sp³-hybridized carbons (Fsp3) is 0.333. The predicted molar refractivity (Wildman–Crippen MR) is 77.4 cm³/mol. The van der Waals surface area contributed by atoms with Crippen LogP contribution in [-0.4, -0.2) is 13.2 Å². The minimum atomic E-state index is -0.306. The summed E-state index contributed by atoms with van der Waals surface area (Å²) in [6.07, 6.45) is 0. The number of aryl methyl sites for hydroxylation is 2. The van der Waals surface area contributed by atoms with Gasteiger partial charge in [-0.3, -0.25) is 0 Å². The first kappa shape index (κ1) is 14.0. The number of rotatable bonds is 6. The molecule has 1 heterocycles. The Hall–Kier alpha value is -1.39. The van der Waals surface area contributed by atoms with E-state index in [4.69, 9.17) is 4.74 Å². The van der Waals surface area contributed by atoms with Crippen molar-refractivity contribution in [2.75, 3.05) is 13.2 Å². The molecule has 102 valence electrons. The van der Waals surface area contributed by atoms with Crippen LogP contribution in [0.5, 0.6) is 5.75 Å². The molecular weight excluding hydrogens is 261 g/mol. The van der Waals surface area contributed by atoms with Crippen LogP contribution in [0.25, 0.3) is 0 Å². The van der Waals surface area contributed by atoms with Gasteiger partial charge in [0.2, 0.25) is 0 Å². The van der Waals surface area contributed by atoms with Gasteiger partial charge >= 0.3 is 0 Å². The van der Waals surface area contributed by atoms with Crippen LogP contribution >= 0.6 is 11.3 Å². The Bertz CT molecular complexity index is 539. The molecule has 0 saturated carbocycles. The standard InChI is InChI=1S/C15H18FNOS/c1-11-3-6-14(16)15(9-11)18-8-7-17-10-13-5-4-12(2)19-13/h3-6,9,17H,7-8,10H2,1-2H3. The van der Waals surface area contributed by atoms with E-state index in [1.807, 2.05) is 6.92 Å². The van der Waals surface area contributed by atoms with Crippen molar-refractivity contribution in [2.24, 2.45) is 0 Å². The minimum Gasteiger partial charge on any atom is -0.489 e. The van der Waals surface area contributed by atoms with Gasteiger partial charge in [0.1, 0.15) is 6.61 Å². The van der Waals surface area contributed by atoms with Crippen LogP contribution in [0.3, 0.4) is 0 Å². The maximum absolute atomic E-state index is 13.4. The normalized spacial score (nSPS) is 10.7. The quantitative estimate of drug-likeness (QED) is 0.815. The molecule has 1 N–H and O–H groups in total. The van der Waals surface area contributed by atoms with Crippen LogP contribution in [0.15, 0.2) is 30.3 Å². The van der Waals surface area contributed by atoms with Crippen LogP contribution in [0.1, 0.15) is 15.3 Å². The largest absolute Gasteiger partial charge is 0.489 e. The summed E-state index contributed by atoms with van der Waals surface area (Å²) in [5.74, 6) is 0.0215. The monoisotopic (exact) mass is 279 g/mol. The van der Waals surface area contributed by atoms with Gasteiger partial charge in [-0.15, -0.1) is 11.3 Å². The van der Waals surface area contributed by atoms with Crippen molar-refractivity contribution in [3.63, 3.8) is 0 Å². The van der Waals surface area contributed by atoms with Crippen molar-refractivity contribution in [3.05, 3.63) is 51.5 Å². The molecule has 0 saturated heterocycles. The second kappa shape index (κ2) is 6.68. The van der Waals surface area contributed by atoms with E-state index in [0.29, 0.717) is 18.9 Å². The summed E-state index contributed by atoms with van der Waals surface area (Å²) in [5.41, 5.74) is 0.999. The first-order chi connectivity index (χ1) is 9.15. The van der Waals surface area contributed by atoms with E-state index < -0.39 is 0 Å². The second-order valence-electron chi connectivity index (χ2n) is 4.47. The smallest absolute Gasteiger partial charge is 0.165 e. The highest BCUT2D eigenvalue weighted by Gasteiger charge is 2.03. The molecule has 0 fully saturated rings. The fourth-order valence-electron chi connectivity index (χ4n) is 1.75. The van der Waals surface area contributed by atoms with Gasteiger partial charge in [-0.2, -0.15) is 0 Å². The molecule has 0 amide bonds. The summed E-state index contributed by atoms with van der Waals surface area (Å²) >= 11 is 1.78. The zero-order valence-corrected chi connectivity index (χ0v) is 12.0. The molecule has 19 heavy (non-hydrogen) atoms. The average molecular weight is 279 g/mol. The minimum absolute atomic E-state index is 0.306. The molecule has 2 rings (SSSR count). The van der Waals surface area contributed by atoms with Crippen LogP contribution in [0.2, 0.25) is 0 Å². The molecule has 0 aliphatic carbocycles. The predicted octanol–water partition coefficient (Wildman–Crippen LogP) is 3.67. The molecule has 0 aliphatic heterocycles. The van der Waals surface area contributed by atoms with E-state index in [9.17, 15) is 4.39 Å². The number of nitrogens with one attached hydrogen (secondary N) is 1. The van der Waals surface area contributed by atoms with Crippen molar-refractivity contribution in [1.29, 1.82) is 0 Å². The van der Waals surface area contributed by atoms with Crippen LogP contribution in [0.4, 0.5) is 4.39 Å². The highest BCUT2D eigenvalue weighted by molar-refractivity contribution is 7.11. The molecule has 0 unspecified atom stereocenters. The number of ether oxygens (including phenoxy) is 1. The van der Waals surface area contributed by atoms with E-state index in [1.54, 1.807) is 23.5 Å². The number of benzene rings is 1. The third kappa shape index (κ3) is 4.33. The summed E-state index contributed by atoms with van der Waals surface area (Å²) in [6.45, 7) is 6.01. The molecule has 0 atom stereocenters. The molecule has 4 heteroatoms. The van der Waals surface area contributed by atoms with E-state index in [-0.39, 0.29) is 5.82 Å². The summed E-state index contributed by atoms with van der Waals surface area (Å²) in [7, 11) is 0. The SMILES string of the molecule is Cc1ccc(F)c(OCCNCc2ccc(C)s2)c1. The lowest BCUT2D eigenvalue weighted by atomic mass is 10.2. The van der Waals surface area contributed by atoms with Gasteiger partial charge in [-0.1, -0.05) is 6.07 Å². The van der Waals surface area contributed by atoms with Crippen molar-refractivity contribution in [2.45, 2.75) is 20.4 Å². The fourth-order valence-corrected chi connectivity index (χ4v) is 2.61. The Balaban J connectivity index is 1.70. The summed E-state index contributed by atoms with van der Waals surface area (Å²) in [6, 6.07) is 9.12. The molecule has 1 aromatic carbocycles. The van der Waals surface area contributed by atoms with Crippen LogP contribution < -0.4 is 10.1 Å². The molecule has 2 aromatic rings. The Labute approximate surface area is 117 Å². The lowest BCUT2D eigenvalue weighted by molar-refractivity contribution is 0.298. The van der Waals surface area contributed by atoms with Gasteiger partial charge in [-0.25, -0.2) is 4.39 Å². The van der Waals surface area contributed by atoms with Crippen LogP contribution in [-0.2, 0) is 6.54 Å². The van der Waals surface area contributed by atoms with E-state index in [0.717, 1.165) is 12.1 Å². The van der Waals surface area contributed by atoms with E-state index >= 15 is 0 Å². The van der Waals surface area contributed by atoms with Crippen molar-refractivity contribution in [1.82, 2.24) is 5.32 Å². The highest BCUT2D eigenvalue weighted by atomic mass is 32.1. The second-order valence-corrected chi connectivity index (χ2v) is 5.84. The Morgan fingerprint density at radius 1 is 1.21 bits per heavy atom. The third-order valence-corrected chi connectivity index (χ3v) is 3.72. The zero-order chi connectivity index (χ0) is 13.7. The Kier molecular flexibility index (Phi) is 4.93. The molecule has 0 bridgehead atoms. The average Bonchev–Trinajstić information content (AvgIpc) is 2.79. The Morgan fingerprint density at radius 3 is 2.79 bits per heavy atom. The molecule has 0 spiro atoms. The van der Waals surface area contributed by atoms with Gasteiger partial charge in [-0.05, 0) is 43.7 Å². The topological polar surface area (TPSA) is 21.3 Å². The lowest BCUT2D eigenvalue weighted by Crippen LogP contribution is -2.20. The summed E-state index contributed by atoms with van der Waals surface area (Å²) < 4.78 is 18.8. The maximum Gasteiger partial charge on any atom is 0.165 e.